The van der Waals surface area contributed by atoms with E-state index in [1.54, 1.807) is 12.2 Å². The van der Waals surface area contributed by atoms with Crippen molar-refractivity contribution in [2.75, 3.05) is 11.9 Å². The molecule has 2 amide bonds. The summed E-state index contributed by atoms with van der Waals surface area (Å²) < 4.78 is 35.5. The van der Waals surface area contributed by atoms with Gasteiger partial charge in [0, 0.05) is 0 Å². The molecule has 0 atom stereocenters. The van der Waals surface area contributed by atoms with Crippen molar-refractivity contribution in [3.8, 4) is 0 Å². The Balaban J connectivity index is 2.53. The van der Waals surface area contributed by atoms with Gasteiger partial charge >= 0.3 is 12.2 Å². The molecule has 1 aromatic heterocycles. The summed E-state index contributed by atoms with van der Waals surface area (Å²) in [4.78, 5) is 15.3. The van der Waals surface area contributed by atoms with Gasteiger partial charge in [-0.2, -0.15) is 13.2 Å². The molecule has 0 bridgehead atoms. The van der Waals surface area contributed by atoms with Gasteiger partial charge in [0.25, 0.3) is 0 Å². The van der Waals surface area contributed by atoms with Crippen molar-refractivity contribution in [2.45, 2.75) is 26.4 Å². The lowest BCUT2D eigenvalue weighted by molar-refractivity contribution is -0.122. The first-order chi connectivity index (χ1) is 7.81. The van der Waals surface area contributed by atoms with Crippen LogP contribution in [-0.2, 0) is 6.42 Å². The third-order valence-corrected chi connectivity index (χ3v) is 3.04. The SMILES string of the molecule is CCc1nc(C)c(NC(=O)NCC(F)(F)F)s1. The van der Waals surface area contributed by atoms with E-state index in [0.29, 0.717) is 10.7 Å². The summed E-state index contributed by atoms with van der Waals surface area (Å²) in [6.07, 6.45) is -3.69. The number of carbonyl (C=O) groups excluding carboxylic acids is 1. The van der Waals surface area contributed by atoms with E-state index in [9.17, 15) is 18.0 Å². The molecular formula is C9H12F3N3OS. The number of aromatic nitrogens is 1. The second-order valence-corrected chi connectivity index (χ2v) is 4.38. The molecule has 0 spiro atoms. The van der Waals surface area contributed by atoms with Gasteiger partial charge in [0.2, 0.25) is 0 Å². The number of thiazole rings is 1. The van der Waals surface area contributed by atoms with Gasteiger partial charge in [-0.1, -0.05) is 6.92 Å². The van der Waals surface area contributed by atoms with Crippen LogP contribution >= 0.6 is 11.3 Å². The van der Waals surface area contributed by atoms with Crippen molar-refractivity contribution in [3.05, 3.63) is 10.7 Å². The predicted octanol–water partition coefficient (Wildman–Crippen LogP) is 2.70. The van der Waals surface area contributed by atoms with Crippen LogP contribution in [0.15, 0.2) is 0 Å². The van der Waals surface area contributed by atoms with Crippen molar-refractivity contribution in [1.29, 1.82) is 0 Å². The lowest BCUT2D eigenvalue weighted by atomic mass is 10.5. The highest BCUT2D eigenvalue weighted by atomic mass is 32.1. The standard InChI is InChI=1S/C9H12F3N3OS/c1-3-6-14-5(2)7(17-6)15-8(16)13-4-9(10,11)12/h3-4H2,1-2H3,(H2,13,15,16). The van der Waals surface area contributed by atoms with Gasteiger partial charge < -0.3 is 5.32 Å². The monoisotopic (exact) mass is 267 g/mol. The normalized spacial score (nSPS) is 11.4. The summed E-state index contributed by atoms with van der Waals surface area (Å²) in [5.41, 5.74) is 0.606. The van der Waals surface area contributed by atoms with E-state index < -0.39 is 18.8 Å². The van der Waals surface area contributed by atoms with E-state index in [2.05, 4.69) is 10.3 Å². The van der Waals surface area contributed by atoms with Gasteiger partial charge in [-0.05, 0) is 13.3 Å². The molecule has 0 aliphatic heterocycles. The maximum Gasteiger partial charge on any atom is 0.405 e. The summed E-state index contributed by atoms with van der Waals surface area (Å²) in [7, 11) is 0. The predicted molar refractivity (Wildman–Crippen MR) is 59.3 cm³/mol. The number of nitrogens with zero attached hydrogens (tertiary/aromatic N) is 1. The lowest BCUT2D eigenvalue weighted by Crippen LogP contribution is -2.36. The first-order valence-electron chi connectivity index (χ1n) is 4.89. The van der Waals surface area contributed by atoms with Crippen molar-refractivity contribution in [1.82, 2.24) is 10.3 Å². The number of hydrogen-bond acceptors (Lipinski definition) is 3. The van der Waals surface area contributed by atoms with E-state index in [1.165, 1.54) is 11.3 Å². The van der Waals surface area contributed by atoms with Crippen LogP contribution < -0.4 is 10.6 Å². The van der Waals surface area contributed by atoms with Gasteiger partial charge in [-0.15, -0.1) is 11.3 Å². The van der Waals surface area contributed by atoms with Crippen molar-refractivity contribution < 1.29 is 18.0 Å². The van der Waals surface area contributed by atoms with E-state index in [1.807, 2.05) is 6.92 Å². The highest BCUT2D eigenvalue weighted by Gasteiger charge is 2.27. The molecule has 0 saturated carbocycles. The molecule has 0 aliphatic rings. The number of anilines is 1. The molecule has 2 N–H and O–H groups in total. The number of aryl methyl sites for hydroxylation is 2. The first-order valence-corrected chi connectivity index (χ1v) is 5.71. The molecule has 1 heterocycles. The first kappa shape index (κ1) is 13.8. The Labute approximate surface area is 100 Å². The van der Waals surface area contributed by atoms with Crippen LogP contribution in [0.5, 0.6) is 0 Å². The Morgan fingerprint density at radius 3 is 2.59 bits per heavy atom. The highest BCUT2D eigenvalue weighted by Crippen LogP contribution is 2.24. The molecule has 0 aromatic carbocycles. The van der Waals surface area contributed by atoms with Crippen LogP contribution in [0.3, 0.4) is 0 Å². The van der Waals surface area contributed by atoms with Crippen LogP contribution in [-0.4, -0.2) is 23.7 Å². The second kappa shape index (κ2) is 5.35. The molecule has 1 rings (SSSR count). The average molecular weight is 267 g/mol. The summed E-state index contributed by atoms with van der Waals surface area (Å²) in [5, 5.41) is 5.37. The second-order valence-electron chi connectivity index (χ2n) is 3.30. The molecule has 96 valence electrons. The van der Waals surface area contributed by atoms with E-state index >= 15 is 0 Å². The number of hydrogen-bond donors (Lipinski definition) is 2. The molecule has 17 heavy (non-hydrogen) atoms. The zero-order valence-electron chi connectivity index (χ0n) is 9.31. The van der Waals surface area contributed by atoms with Gasteiger partial charge in [-0.25, -0.2) is 9.78 Å². The third-order valence-electron chi connectivity index (χ3n) is 1.82. The fourth-order valence-corrected chi connectivity index (χ4v) is 1.95. The number of carbonyl (C=O) groups is 1. The number of amides is 2. The molecule has 4 nitrogen and oxygen atoms in total. The maximum absolute atomic E-state index is 11.8. The lowest BCUT2D eigenvalue weighted by Gasteiger charge is -2.08. The van der Waals surface area contributed by atoms with Gasteiger partial charge in [0.05, 0.1) is 10.7 Å². The zero-order chi connectivity index (χ0) is 13.1. The number of nitrogens with one attached hydrogen (secondary N) is 2. The minimum Gasteiger partial charge on any atom is -0.329 e. The van der Waals surface area contributed by atoms with Crippen LogP contribution in [0.25, 0.3) is 0 Å². The van der Waals surface area contributed by atoms with Crippen molar-refractivity contribution in [3.63, 3.8) is 0 Å². The van der Waals surface area contributed by atoms with Gasteiger partial charge in [0.15, 0.2) is 0 Å². The Morgan fingerprint density at radius 1 is 1.47 bits per heavy atom. The fourth-order valence-electron chi connectivity index (χ4n) is 1.05. The summed E-state index contributed by atoms with van der Waals surface area (Å²) in [6.45, 7) is 2.25. The number of alkyl halides is 3. The summed E-state index contributed by atoms with van der Waals surface area (Å²) in [6, 6.07) is -0.878. The van der Waals surface area contributed by atoms with E-state index in [4.69, 9.17) is 0 Å². The van der Waals surface area contributed by atoms with Crippen LogP contribution in [0.2, 0.25) is 0 Å². The smallest absolute Gasteiger partial charge is 0.329 e. The molecule has 0 aliphatic carbocycles. The zero-order valence-corrected chi connectivity index (χ0v) is 10.1. The average Bonchev–Trinajstić information content (AvgIpc) is 2.56. The Hall–Kier alpha value is -1.31. The fraction of sp³-hybridized carbons (Fsp3) is 0.556. The molecular weight excluding hydrogens is 255 g/mol. The maximum atomic E-state index is 11.8. The highest BCUT2D eigenvalue weighted by molar-refractivity contribution is 7.16. The molecule has 1 aromatic rings. The van der Waals surface area contributed by atoms with E-state index in [0.717, 1.165) is 11.4 Å². The third kappa shape index (κ3) is 4.59. The Kier molecular flexibility index (Phi) is 4.33. The number of rotatable bonds is 3. The molecule has 0 saturated heterocycles. The van der Waals surface area contributed by atoms with Crippen LogP contribution in [0, 0.1) is 6.92 Å². The topological polar surface area (TPSA) is 54.0 Å². The molecule has 0 radical (unpaired) electrons. The van der Waals surface area contributed by atoms with Gasteiger partial charge in [0.1, 0.15) is 11.5 Å². The van der Waals surface area contributed by atoms with Crippen LogP contribution in [0.4, 0.5) is 23.0 Å². The quantitative estimate of drug-likeness (QED) is 0.884. The minimum atomic E-state index is -4.41. The number of halogens is 3. The largest absolute Gasteiger partial charge is 0.405 e. The number of urea groups is 1. The minimum absolute atomic E-state index is 0.474. The molecule has 8 heteroatoms. The van der Waals surface area contributed by atoms with Gasteiger partial charge in [-0.3, -0.25) is 5.32 Å². The molecule has 0 unspecified atom stereocenters. The van der Waals surface area contributed by atoms with Crippen molar-refractivity contribution in [2.24, 2.45) is 0 Å². The Bertz CT molecular complexity index is 403. The van der Waals surface area contributed by atoms with Crippen molar-refractivity contribution >= 4 is 22.4 Å². The summed E-state index contributed by atoms with van der Waals surface area (Å²) >= 11 is 1.26. The van der Waals surface area contributed by atoms with E-state index in [-0.39, 0.29) is 0 Å². The molecule has 0 fully saturated rings. The summed E-state index contributed by atoms with van der Waals surface area (Å²) in [5.74, 6) is 0. The van der Waals surface area contributed by atoms with Crippen LogP contribution in [0.1, 0.15) is 17.6 Å². The Morgan fingerprint density at radius 2 is 2.12 bits per heavy atom.